The maximum Gasteiger partial charge on any atom is 0.0949 e. The highest BCUT2D eigenvalue weighted by atomic mass is 15.0. The molecule has 0 saturated carbocycles. The third-order valence-corrected chi connectivity index (χ3v) is 5.14. The van der Waals surface area contributed by atoms with Crippen molar-refractivity contribution in [2.75, 3.05) is 0 Å². The fourth-order valence-electron chi connectivity index (χ4n) is 3.77. The smallest absolute Gasteiger partial charge is 0.0949 e. The van der Waals surface area contributed by atoms with E-state index in [1.54, 1.807) is 0 Å². The summed E-state index contributed by atoms with van der Waals surface area (Å²) in [7, 11) is 0. The third-order valence-electron chi connectivity index (χ3n) is 5.14. The summed E-state index contributed by atoms with van der Waals surface area (Å²) in [5.74, 6) is 0. The Bertz CT molecular complexity index is 1220. The van der Waals surface area contributed by atoms with Gasteiger partial charge in [0.15, 0.2) is 0 Å². The van der Waals surface area contributed by atoms with E-state index in [0.717, 1.165) is 29.9 Å². The number of fused-ring (bicyclic) bond motifs is 3. The number of imidazole rings is 1. The molecule has 2 aromatic carbocycles. The lowest BCUT2D eigenvalue weighted by Gasteiger charge is -2.12. The maximum absolute atomic E-state index is 5.07. The average Bonchev–Trinajstić information content (AvgIpc) is 3.38. The topological polar surface area (TPSA) is 35.6 Å². The van der Waals surface area contributed by atoms with Gasteiger partial charge < -0.3 is 9.13 Å². The van der Waals surface area contributed by atoms with E-state index < -0.39 is 0 Å². The van der Waals surface area contributed by atoms with Crippen molar-refractivity contribution in [1.82, 2.24) is 19.1 Å². The predicted octanol–water partition coefficient (Wildman–Crippen LogP) is 5.12. The Morgan fingerprint density at radius 1 is 0.926 bits per heavy atom. The van der Waals surface area contributed by atoms with Crippen LogP contribution in [0.4, 0.5) is 0 Å². The molecule has 4 nitrogen and oxygen atoms in total. The third kappa shape index (κ3) is 2.70. The van der Waals surface area contributed by atoms with Crippen LogP contribution in [0.5, 0.6) is 0 Å². The van der Waals surface area contributed by atoms with Crippen molar-refractivity contribution in [1.29, 1.82) is 0 Å². The number of benzene rings is 2. The van der Waals surface area contributed by atoms with Crippen molar-refractivity contribution in [3.8, 4) is 11.3 Å². The zero-order valence-electron chi connectivity index (χ0n) is 15.2. The van der Waals surface area contributed by atoms with Gasteiger partial charge in [-0.15, -0.1) is 0 Å². The quantitative estimate of drug-likeness (QED) is 0.450. The van der Waals surface area contributed by atoms with E-state index in [0.29, 0.717) is 0 Å². The van der Waals surface area contributed by atoms with Crippen LogP contribution in [0.1, 0.15) is 12.5 Å². The maximum atomic E-state index is 5.07. The van der Waals surface area contributed by atoms with Crippen LogP contribution in [0.15, 0.2) is 79.5 Å². The lowest BCUT2D eigenvalue weighted by Crippen LogP contribution is -2.00. The lowest BCUT2D eigenvalue weighted by atomic mass is 10.0. The van der Waals surface area contributed by atoms with Gasteiger partial charge in [-0.1, -0.05) is 36.4 Å². The summed E-state index contributed by atoms with van der Waals surface area (Å²) >= 11 is 0. The second kappa shape index (κ2) is 6.40. The van der Waals surface area contributed by atoms with Crippen LogP contribution in [-0.4, -0.2) is 19.1 Å². The first-order chi connectivity index (χ1) is 13.3. The molecule has 0 fully saturated rings. The largest absolute Gasteiger partial charge is 0.348 e. The summed E-state index contributed by atoms with van der Waals surface area (Å²) < 4.78 is 4.37. The second-order valence-corrected chi connectivity index (χ2v) is 6.76. The van der Waals surface area contributed by atoms with Gasteiger partial charge in [0, 0.05) is 48.0 Å². The molecule has 0 aliphatic heterocycles. The predicted molar refractivity (Wildman–Crippen MR) is 110 cm³/mol. The first kappa shape index (κ1) is 15.8. The van der Waals surface area contributed by atoms with Crippen molar-refractivity contribution in [2.45, 2.75) is 20.0 Å². The molecule has 0 aliphatic rings. The van der Waals surface area contributed by atoms with Crippen molar-refractivity contribution in [2.24, 2.45) is 0 Å². The summed E-state index contributed by atoms with van der Waals surface area (Å²) in [5, 5.41) is 2.41. The van der Waals surface area contributed by atoms with E-state index in [1.165, 1.54) is 21.9 Å². The zero-order valence-corrected chi connectivity index (χ0v) is 15.2. The summed E-state index contributed by atoms with van der Waals surface area (Å²) in [5.41, 5.74) is 5.70. The number of rotatable bonds is 4. The number of aryl methyl sites for hydroxylation is 1. The molecule has 27 heavy (non-hydrogen) atoms. The molecule has 0 aliphatic carbocycles. The summed E-state index contributed by atoms with van der Waals surface area (Å²) in [6.07, 6.45) is 7.83. The van der Waals surface area contributed by atoms with E-state index in [-0.39, 0.29) is 0 Å². The minimum atomic E-state index is 0.777. The molecule has 3 aromatic heterocycles. The molecular formula is C23H20N4. The molecule has 0 unspecified atom stereocenters. The minimum Gasteiger partial charge on any atom is -0.348 e. The Morgan fingerprint density at radius 3 is 2.59 bits per heavy atom. The molecule has 5 rings (SSSR count). The molecule has 0 N–H and O–H groups in total. The van der Waals surface area contributed by atoms with E-state index >= 15 is 0 Å². The number of nitrogens with zero attached hydrogens (tertiary/aromatic N) is 4. The zero-order chi connectivity index (χ0) is 18.2. The van der Waals surface area contributed by atoms with Crippen LogP contribution in [-0.2, 0) is 13.1 Å². The molecule has 132 valence electrons. The highest BCUT2D eigenvalue weighted by molar-refractivity contribution is 6.06. The minimum absolute atomic E-state index is 0.777. The van der Waals surface area contributed by atoms with Crippen LogP contribution >= 0.6 is 0 Å². The number of hydrogen-bond donors (Lipinski definition) is 0. The molecule has 5 aromatic rings. The monoisotopic (exact) mass is 352 g/mol. The van der Waals surface area contributed by atoms with Gasteiger partial charge in [-0.2, -0.15) is 0 Å². The lowest BCUT2D eigenvalue weighted by molar-refractivity contribution is 0.797. The fraction of sp³-hybridized carbons (Fsp3) is 0.130. The average molecular weight is 352 g/mol. The van der Waals surface area contributed by atoms with Crippen molar-refractivity contribution >= 4 is 21.8 Å². The van der Waals surface area contributed by atoms with Crippen LogP contribution in [0, 0.1) is 0 Å². The SMILES string of the molecule is CCn1ccc2c3nc(-c4ccccc4)cc(Cn4ccnc4)c3ccc21. The number of aromatic nitrogens is 4. The van der Waals surface area contributed by atoms with E-state index in [2.05, 4.69) is 75.8 Å². The number of hydrogen-bond acceptors (Lipinski definition) is 2. The fourth-order valence-corrected chi connectivity index (χ4v) is 3.77. The molecule has 0 atom stereocenters. The van der Waals surface area contributed by atoms with E-state index in [1.807, 2.05) is 24.8 Å². The van der Waals surface area contributed by atoms with Gasteiger partial charge in [-0.25, -0.2) is 9.97 Å². The Balaban J connectivity index is 1.80. The van der Waals surface area contributed by atoms with Crippen molar-refractivity contribution in [3.05, 3.63) is 85.1 Å². The van der Waals surface area contributed by atoms with Gasteiger partial charge in [0.2, 0.25) is 0 Å². The summed E-state index contributed by atoms with van der Waals surface area (Å²) in [6, 6.07) is 19.2. The second-order valence-electron chi connectivity index (χ2n) is 6.76. The van der Waals surface area contributed by atoms with E-state index in [4.69, 9.17) is 4.98 Å². The Morgan fingerprint density at radius 2 is 1.81 bits per heavy atom. The molecule has 0 bridgehead atoms. The molecular weight excluding hydrogens is 332 g/mol. The standard InChI is InChI=1S/C23H20N4/c1-2-27-12-10-20-22(27)9-8-19-18(15-26-13-11-24-16-26)14-21(25-23(19)20)17-6-4-3-5-7-17/h3-14,16H,2,15H2,1H3. The molecule has 0 amide bonds. The highest BCUT2D eigenvalue weighted by Crippen LogP contribution is 2.31. The van der Waals surface area contributed by atoms with Crippen LogP contribution in [0.3, 0.4) is 0 Å². The molecule has 4 heteroatoms. The van der Waals surface area contributed by atoms with Crippen LogP contribution in [0.2, 0.25) is 0 Å². The summed E-state index contributed by atoms with van der Waals surface area (Å²) in [6.45, 7) is 3.90. The van der Waals surface area contributed by atoms with Crippen LogP contribution < -0.4 is 0 Å². The normalized spacial score (nSPS) is 11.4. The van der Waals surface area contributed by atoms with Crippen molar-refractivity contribution < 1.29 is 0 Å². The molecule has 0 saturated heterocycles. The van der Waals surface area contributed by atoms with Gasteiger partial charge in [0.25, 0.3) is 0 Å². The van der Waals surface area contributed by atoms with Crippen LogP contribution in [0.25, 0.3) is 33.1 Å². The first-order valence-corrected chi connectivity index (χ1v) is 9.26. The molecule has 3 heterocycles. The van der Waals surface area contributed by atoms with Gasteiger partial charge in [-0.3, -0.25) is 0 Å². The van der Waals surface area contributed by atoms with Gasteiger partial charge in [0.05, 0.1) is 23.1 Å². The summed E-state index contributed by atoms with van der Waals surface area (Å²) in [4.78, 5) is 9.26. The van der Waals surface area contributed by atoms with Gasteiger partial charge >= 0.3 is 0 Å². The van der Waals surface area contributed by atoms with Gasteiger partial charge in [0.1, 0.15) is 0 Å². The number of pyridine rings is 1. The molecule has 0 radical (unpaired) electrons. The van der Waals surface area contributed by atoms with Crippen molar-refractivity contribution in [3.63, 3.8) is 0 Å². The van der Waals surface area contributed by atoms with Gasteiger partial charge in [-0.05, 0) is 30.7 Å². The first-order valence-electron chi connectivity index (χ1n) is 9.26. The Labute approximate surface area is 157 Å². The Kier molecular flexibility index (Phi) is 3.75. The molecule has 0 spiro atoms. The highest BCUT2D eigenvalue weighted by Gasteiger charge is 2.12. The Hall–Kier alpha value is -3.40. The van der Waals surface area contributed by atoms with E-state index in [9.17, 15) is 0 Å².